The molecule has 2 N–H and O–H groups in total. The van der Waals surface area contributed by atoms with E-state index in [2.05, 4.69) is 0 Å². The number of aliphatic hydroxyl groups is 1. The summed E-state index contributed by atoms with van der Waals surface area (Å²) in [6.07, 6.45) is 0. The van der Waals surface area contributed by atoms with E-state index in [1.54, 1.807) is 19.9 Å². The third kappa shape index (κ3) is 4.30. The van der Waals surface area contributed by atoms with E-state index in [-0.39, 0.29) is 5.56 Å². The molecule has 31 heavy (non-hydrogen) atoms. The van der Waals surface area contributed by atoms with Crippen LogP contribution in [0.25, 0.3) is 21.9 Å². The van der Waals surface area contributed by atoms with E-state index in [0.29, 0.717) is 17.9 Å². The normalized spacial score (nSPS) is 11.5. The average Bonchev–Trinajstić information content (AvgIpc) is 2.76. The highest BCUT2D eigenvalue weighted by Crippen LogP contribution is 2.41. The smallest absolute Gasteiger partial charge is 0.336 e. The van der Waals surface area contributed by atoms with Gasteiger partial charge in [0.25, 0.3) is 0 Å². The molecule has 0 amide bonds. The molecule has 4 aromatic carbocycles. The Balaban J connectivity index is 1.90. The zero-order chi connectivity index (χ0) is 22.0. The van der Waals surface area contributed by atoms with Crippen molar-refractivity contribution in [3.63, 3.8) is 0 Å². The van der Waals surface area contributed by atoms with E-state index in [1.165, 1.54) is 0 Å². The molecule has 0 unspecified atom stereocenters. The van der Waals surface area contributed by atoms with Crippen molar-refractivity contribution in [2.45, 2.75) is 26.1 Å². The molecule has 0 aliphatic rings. The molecule has 0 fully saturated rings. The second-order valence-corrected chi connectivity index (χ2v) is 8.06. The van der Waals surface area contributed by atoms with Gasteiger partial charge in [0.15, 0.2) is 0 Å². The molecule has 0 aliphatic heterocycles. The largest absolute Gasteiger partial charge is 0.489 e. The minimum Gasteiger partial charge on any atom is -0.489 e. The molecular weight excluding hydrogens is 388 g/mol. The lowest BCUT2D eigenvalue weighted by Gasteiger charge is -2.26. The minimum absolute atomic E-state index is 0.0825. The first kappa shape index (κ1) is 20.6. The first-order valence-corrected chi connectivity index (χ1v) is 10.1. The molecule has 0 aromatic heterocycles. The molecule has 4 aromatic rings. The van der Waals surface area contributed by atoms with Crippen molar-refractivity contribution in [2.24, 2.45) is 0 Å². The Labute approximate surface area is 181 Å². The van der Waals surface area contributed by atoms with Crippen molar-refractivity contribution in [3.05, 3.63) is 102 Å². The van der Waals surface area contributed by atoms with Gasteiger partial charge < -0.3 is 14.9 Å². The number of carboxylic acid groups (broad SMARTS) is 1. The summed E-state index contributed by atoms with van der Waals surface area (Å²) in [6, 6.07) is 26.7. The Morgan fingerprint density at radius 1 is 0.903 bits per heavy atom. The lowest BCUT2D eigenvalue weighted by Crippen LogP contribution is -2.22. The Kier molecular flexibility index (Phi) is 5.49. The van der Waals surface area contributed by atoms with Crippen molar-refractivity contribution in [3.8, 4) is 16.9 Å². The first-order chi connectivity index (χ1) is 14.8. The first-order valence-electron chi connectivity index (χ1n) is 10.1. The third-order valence-electron chi connectivity index (χ3n) is 5.26. The number of fused-ring (bicyclic) bond motifs is 1. The van der Waals surface area contributed by atoms with Gasteiger partial charge in [0, 0.05) is 5.56 Å². The quantitative estimate of drug-likeness (QED) is 0.407. The summed E-state index contributed by atoms with van der Waals surface area (Å²) in [5, 5.41) is 22.4. The van der Waals surface area contributed by atoms with Gasteiger partial charge in [-0.15, -0.1) is 0 Å². The van der Waals surface area contributed by atoms with Crippen LogP contribution in [-0.2, 0) is 12.2 Å². The van der Waals surface area contributed by atoms with Gasteiger partial charge in [0.1, 0.15) is 12.4 Å². The summed E-state index contributed by atoms with van der Waals surface area (Å²) in [5.41, 5.74) is 1.77. The number of carbonyl (C=O) groups is 1. The molecule has 0 saturated carbocycles. The van der Waals surface area contributed by atoms with Crippen LogP contribution >= 0.6 is 0 Å². The number of aromatic carboxylic acids is 1. The van der Waals surface area contributed by atoms with Crippen LogP contribution in [0.2, 0.25) is 0 Å². The van der Waals surface area contributed by atoms with Crippen LogP contribution in [0.3, 0.4) is 0 Å². The van der Waals surface area contributed by atoms with Gasteiger partial charge in [0.05, 0.1) is 11.2 Å². The SMILES string of the molecule is CC(C)(O)c1c(C(=O)O)cc2cc(OCc3ccccc3)ccc2c1-c1ccccc1. The Morgan fingerprint density at radius 3 is 2.16 bits per heavy atom. The molecule has 0 spiro atoms. The van der Waals surface area contributed by atoms with Crippen molar-refractivity contribution < 1.29 is 19.7 Å². The molecule has 0 bridgehead atoms. The van der Waals surface area contributed by atoms with Crippen LogP contribution < -0.4 is 4.74 Å². The van der Waals surface area contributed by atoms with Crippen LogP contribution in [0.1, 0.15) is 35.3 Å². The highest BCUT2D eigenvalue weighted by molar-refractivity contribution is 6.06. The third-order valence-corrected chi connectivity index (χ3v) is 5.26. The Hall–Kier alpha value is -3.63. The fraction of sp³-hybridized carbons (Fsp3) is 0.148. The second-order valence-electron chi connectivity index (χ2n) is 8.06. The highest BCUT2D eigenvalue weighted by Gasteiger charge is 2.29. The van der Waals surface area contributed by atoms with E-state index in [0.717, 1.165) is 27.5 Å². The summed E-state index contributed by atoms with van der Waals surface area (Å²) in [7, 11) is 0. The van der Waals surface area contributed by atoms with Gasteiger partial charge in [-0.2, -0.15) is 0 Å². The van der Waals surface area contributed by atoms with E-state index in [1.807, 2.05) is 78.9 Å². The minimum atomic E-state index is -1.34. The maximum atomic E-state index is 12.1. The van der Waals surface area contributed by atoms with Gasteiger partial charge in [0.2, 0.25) is 0 Å². The average molecular weight is 412 g/mol. The molecule has 0 heterocycles. The summed E-state index contributed by atoms with van der Waals surface area (Å²) in [5.74, 6) is -0.422. The zero-order valence-corrected chi connectivity index (χ0v) is 17.5. The number of carboxylic acids is 1. The summed E-state index contributed by atoms with van der Waals surface area (Å²) >= 11 is 0. The molecule has 4 rings (SSSR count). The molecule has 0 atom stereocenters. The van der Waals surface area contributed by atoms with Gasteiger partial charge in [-0.1, -0.05) is 66.7 Å². The van der Waals surface area contributed by atoms with E-state index in [4.69, 9.17) is 4.74 Å². The van der Waals surface area contributed by atoms with E-state index >= 15 is 0 Å². The zero-order valence-electron chi connectivity index (χ0n) is 17.5. The summed E-state index contributed by atoms with van der Waals surface area (Å²) in [6.45, 7) is 3.65. The molecule has 4 nitrogen and oxygen atoms in total. The van der Waals surface area contributed by atoms with Gasteiger partial charge in [-0.3, -0.25) is 0 Å². The maximum Gasteiger partial charge on any atom is 0.336 e. The topological polar surface area (TPSA) is 66.8 Å². The Bertz CT molecular complexity index is 1220. The van der Waals surface area contributed by atoms with Crippen molar-refractivity contribution in [1.82, 2.24) is 0 Å². The number of rotatable bonds is 6. The van der Waals surface area contributed by atoms with Gasteiger partial charge in [-0.25, -0.2) is 4.79 Å². The number of ether oxygens (including phenoxy) is 1. The van der Waals surface area contributed by atoms with E-state index in [9.17, 15) is 15.0 Å². The molecule has 0 saturated heterocycles. The predicted octanol–water partition coefficient (Wildman–Crippen LogP) is 6.01. The maximum absolute atomic E-state index is 12.1. The van der Waals surface area contributed by atoms with Crippen LogP contribution in [0.5, 0.6) is 5.75 Å². The number of benzene rings is 4. The molecule has 156 valence electrons. The molecular formula is C27H24O4. The Morgan fingerprint density at radius 2 is 1.55 bits per heavy atom. The fourth-order valence-electron chi connectivity index (χ4n) is 3.92. The van der Waals surface area contributed by atoms with Crippen LogP contribution in [0.15, 0.2) is 84.9 Å². The summed E-state index contributed by atoms with van der Waals surface area (Å²) in [4.78, 5) is 12.1. The lowest BCUT2D eigenvalue weighted by atomic mass is 9.82. The van der Waals surface area contributed by atoms with Gasteiger partial charge >= 0.3 is 5.97 Å². The highest BCUT2D eigenvalue weighted by atomic mass is 16.5. The van der Waals surface area contributed by atoms with Crippen LogP contribution in [0, 0.1) is 0 Å². The number of hydrogen-bond acceptors (Lipinski definition) is 3. The predicted molar refractivity (Wildman–Crippen MR) is 122 cm³/mol. The van der Waals surface area contributed by atoms with Crippen LogP contribution in [-0.4, -0.2) is 16.2 Å². The van der Waals surface area contributed by atoms with Crippen molar-refractivity contribution in [1.29, 1.82) is 0 Å². The molecule has 4 heteroatoms. The number of hydrogen-bond donors (Lipinski definition) is 2. The van der Waals surface area contributed by atoms with Crippen molar-refractivity contribution in [2.75, 3.05) is 0 Å². The standard InChI is InChI=1S/C27H24O4/c1-27(2,30)25-23(26(28)29)16-20-15-21(31-17-18-9-5-3-6-10-18)13-14-22(20)24(25)19-11-7-4-8-12-19/h3-16,30H,17H2,1-2H3,(H,28,29). The van der Waals surface area contributed by atoms with Crippen LogP contribution in [0.4, 0.5) is 0 Å². The van der Waals surface area contributed by atoms with Crippen molar-refractivity contribution >= 4 is 16.7 Å². The fourth-order valence-corrected chi connectivity index (χ4v) is 3.92. The monoisotopic (exact) mass is 412 g/mol. The lowest BCUT2D eigenvalue weighted by molar-refractivity contribution is 0.0633. The molecule has 0 aliphatic carbocycles. The summed E-state index contributed by atoms with van der Waals surface area (Å²) < 4.78 is 5.95. The van der Waals surface area contributed by atoms with Gasteiger partial charge in [-0.05, 0) is 59.5 Å². The molecule has 0 radical (unpaired) electrons. The second kappa shape index (κ2) is 8.25. The van der Waals surface area contributed by atoms with E-state index < -0.39 is 11.6 Å².